The monoisotopic (exact) mass is 320 g/mol. The Kier molecular flexibility index (Phi) is 5.71. The van der Waals surface area contributed by atoms with Crippen LogP contribution in [0.5, 0.6) is 0 Å². The summed E-state index contributed by atoms with van der Waals surface area (Å²) in [5, 5.41) is 11.8. The third-order valence-electron chi connectivity index (χ3n) is 3.08. The number of hydrogen-bond donors (Lipinski definition) is 2. The van der Waals surface area contributed by atoms with Gasteiger partial charge in [-0.25, -0.2) is 0 Å². The summed E-state index contributed by atoms with van der Waals surface area (Å²) in [6.07, 6.45) is 3.79. The van der Waals surface area contributed by atoms with Crippen molar-refractivity contribution in [3.05, 3.63) is 40.8 Å². The van der Waals surface area contributed by atoms with Crippen molar-refractivity contribution in [2.45, 2.75) is 38.9 Å². The second kappa shape index (κ2) is 7.74. The molecule has 0 aliphatic rings. The minimum Gasteiger partial charge on any atom is -0.352 e. The predicted molar refractivity (Wildman–Crippen MR) is 85.3 cm³/mol. The van der Waals surface area contributed by atoms with Crippen LogP contribution in [0.1, 0.15) is 31.2 Å². The Hall–Kier alpha value is -2.15. The topological polar surface area (TPSA) is 76.0 Å². The summed E-state index contributed by atoms with van der Waals surface area (Å²) < 4.78 is 1.77. The molecule has 2 rings (SSSR count). The van der Waals surface area contributed by atoms with Crippen molar-refractivity contribution < 1.29 is 9.59 Å². The molecular weight excluding hydrogens is 300 g/mol. The van der Waals surface area contributed by atoms with Crippen molar-refractivity contribution in [2.75, 3.05) is 0 Å². The average Bonchev–Trinajstić information content (AvgIpc) is 3.09. The summed E-state index contributed by atoms with van der Waals surface area (Å²) in [6, 6.07) is 5.36. The lowest BCUT2D eigenvalue weighted by Crippen LogP contribution is -2.38. The molecule has 0 radical (unpaired) electrons. The van der Waals surface area contributed by atoms with E-state index in [1.807, 2.05) is 36.7 Å². The van der Waals surface area contributed by atoms with Crippen molar-refractivity contribution >= 4 is 23.2 Å². The Morgan fingerprint density at radius 2 is 2.18 bits per heavy atom. The van der Waals surface area contributed by atoms with Crippen LogP contribution in [0.15, 0.2) is 36.0 Å². The number of nitrogens with zero attached hydrogens (tertiary/aromatic N) is 2. The number of carbonyl (C=O) groups excluding carboxylic acids is 2. The van der Waals surface area contributed by atoms with Gasteiger partial charge in [-0.05, 0) is 24.4 Å². The largest absolute Gasteiger partial charge is 0.352 e. The van der Waals surface area contributed by atoms with Crippen LogP contribution in [0.4, 0.5) is 0 Å². The Morgan fingerprint density at radius 3 is 2.77 bits per heavy atom. The molecule has 2 heterocycles. The smallest absolute Gasteiger partial charge is 0.222 e. The van der Waals surface area contributed by atoms with Gasteiger partial charge in [0.25, 0.3) is 0 Å². The highest BCUT2D eigenvalue weighted by Gasteiger charge is 2.19. The molecule has 2 unspecified atom stereocenters. The van der Waals surface area contributed by atoms with E-state index in [9.17, 15) is 9.59 Å². The van der Waals surface area contributed by atoms with Crippen molar-refractivity contribution in [3.63, 3.8) is 0 Å². The van der Waals surface area contributed by atoms with E-state index in [0.717, 1.165) is 4.88 Å². The molecule has 0 fully saturated rings. The molecule has 6 nitrogen and oxygen atoms in total. The zero-order valence-corrected chi connectivity index (χ0v) is 13.5. The van der Waals surface area contributed by atoms with E-state index < -0.39 is 0 Å². The summed E-state index contributed by atoms with van der Waals surface area (Å²) in [6.45, 7) is 4.00. The van der Waals surface area contributed by atoms with E-state index in [1.165, 1.54) is 18.3 Å². The molecule has 2 N–H and O–H groups in total. The molecule has 118 valence electrons. The Bertz CT molecular complexity index is 595. The summed E-state index contributed by atoms with van der Waals surface area (Å²) in [7, 11) is 0. The van der Waals surface area contributed by atoms with Gasteiger partial charge >= 0.3 is 0 Å². The van der Waals surface area contributed by atoms with Crippen LogP contribution in [0, 0.1) is 0 Å². The lowest BCUT2D eigenvalue weighted by atomic mass is 10.1. The van der Waals surface area contributed by atoms with Gasteiger partial charge in [0.2, 0.25) is 11.8 Å². The number of hydrogen-bond acceptors (Lipinski definition) is 4. The van der Waals surface area contributed by atoms with Crippen LogP contribution in [0.25, 0.3) is 0 Å². The first-order valence-corrected chi connectivity index (χ1v) is 8.00. The van der Waals surface area contributed by atoms with Crippen molar-refractivity contribution in [3.8, 4) is 0 Å². The number of amides is 2. The number of aromatic nitrogens is 2. The number of carbonyl (C=O) groups is 2. The molecule has 0 saturated heterocycles. The number of nitrogens with one attached hydrogen (secondary N) is 2. The first-order valence-electron chi connectivity index (χ1n) is 7.12. The van der Waals surface area contributed by atoms with E-state index in [0.29, 0.717) is 6.54 Å². The second-order valence-corrected chi connectivity index (χ2v) is 6.15. The maximum Gasteiger partial charge on any atom is 0.222 e. The van der Waals surface area contributed by atoms with Crippen molar-refractivity contribution in [1.82, 2.24) is 20.4 Å². The standard InChI is InChI=1S/C15H20N4O2S/c1-11(10-19-7-4-6-16-19)17-15(21)9-13(18-12(2)20)14-5-3-8-22-14/h3-8,11,13H,9-10H2,1-2H3,(H,17,21)(H,18,20). The van der Waals surface area contributed by atoms with Crippen molar-refractivity contribution in [1.29, 1.82) is 0 Å². The van der Waals surface area contributed by atoms with Crippen LogP contribution < -0.4 is 10.6 Å². The summed E-state index contributed by atoms with van der Waals surface area (Å²) in [5.41, 5.74) is 0. The van der Waals surface area contributed by atoms with Gasteiger partial charge in [-0.2, -0.15) is 5.10 Å². The molecule has 2 aromatic heterocycles. The van der Waals surface area contributed by atoms with Crippen LogP contribution in [0.3, 0.4) is 0 Å². The highest BCUT2D eigenvalue weighted by atomic mass is 32.1. The van der Waals surface area contributed by atoms with Gasteiger partial charge < -0.3 is 10.6 Å². The third-order valence-corrected chi connectivity index (χ3v) is 4.07. The summed E-state index contributed by atoms with van der Waals surface area (Å²) in [5.74, 6) is -0.234. The van der Waals surface area contributed by atoms with Gasteiger partial charge in [-0.3, -0.25) is 14.3 Å². The van der Waals surface area contributed by atoms with Crippen LogP contribution in [-0.2, 0) is 16.1 Å². The van der Waals surface area contributed by atoms with Gasteiger partial charge in [0.1, 0.15) is 0 Å². The first-order chi connectivity index (χ1) is 10.5. The Labute approximate surface area is 133 Å². The zero-order valence-electron chi connectivity index (χ0n) is 12.7. The molecule has 2 amide bonds. The van der Waals surface area contributed by atoms with Gasteiger partial charge in [-0.15, -0.1) is 11.3 Å². The highest BCUT2D eigenvalue weighted by molar-refractivity contribution is 7.10. The molecule has 0 saturated carbocycles. The lowest BCUT2D eigenvalue weighted by Gasteiger charge is -2.19. The molecule has 0 aromatic carbocycles. The molecule has 0 bridgehead atoms. The van der Waals surface area contributed by atoms with Crippen LogP contribution in [0.2, 0.25) is 0 Å². The van der Waals surface area contributed by atoms with Gasteiger partial charge in [0.15, 0.2) is 0 Å². The average molecular weight is 320 g/mol. The minimum absolute atomic E-state index is 0.0336. The number of rotatable bonds is 7. The molecule has 2 atom stereocenters. The van der Waals surface area contributed by atoms with E-state index in [2.05, 4.69) is 15.7 Å². The quantitative estimate of drug-likeness (QED) is 0.815. The van der Waals surface area contributed by atoms with Crippen molar-refractivity contribution in [2.24, 2.45) is 0 Å². The zero-order chi connectivity index (χ0) is 15.9. The normalized spacial score (nSPS) is 13.4. The van der Waals surface area contributed by atoms with Gasteiger partial charge in [0, 0.05) is 30.2 Å². The minimum atomic E-state index is -0.283. The van der Waals surface area contributed by atoms with Gasteiger partial charge in [0.05, 0.1) is 19.0 Å². The van der Waals surface area contributed by atoms with Crippen LogP contribution >= 0.6 is 11.3 Å². The molecule has 0 aliphatic heterocycles. The van der Waals surface area contributed by atoms with E-state index in [-0.39, 0.29) is 30.3 Å². The molecule has 7 heteroatoms. The van der Waals surface area contributed by atoms with E-state index in [1.54, 1.807) is 10.9 Å². The molecule has 2 aromatic rings. The van der Waals surface area contributed by atoms with E-state index in [4.69, 9.17) is 0 Å². The lowest BCUT2D eigenvalue weighted by molar-refractivity contribution is -0.123. The summed E-state index contributed by atoms with van der Waals surface area (Å²) >= 11 is 1.53. The molecule has 22 heavy (non-hydrogen) atoms. The molecule has 0 spiro atoms. The molecular formula is C15H20N4O2S. The third kappa shape index (κ3) is 5.00. The fraction of sp³-hybridized carbons (Fsp3) is 0.400. The Morgan fingerprint density at radius 1 is 1.36 bits per heavy atom. The molecule has 0 aliphatic carbocycles. The fourth-order valence-electron chi connectivity index (χ4n) is 2.21. The SMILES string of the molecule is CC(=O)NC(CC(=O)NC(C)Cn1cccn1)c1cccs1. The number of thiophene rings is 1. The Balaban J connectivity index is 1.89. The first kappa shape index (κ1) is 16.2. The maximum atomic E-state index is 12.2. The van der Waals surface area contributed by atoms with Gasteiger partial charge in [-0.1, -0.05) is 6.07 Å². The second-order valence-electron chi connectivity index (χ2n) is 5.17. The summed E-state index contributed by atoms with van der Waals surface area (Å²) in [4.78, 5) is 24.5. The predicted octanol–water partition coefficient (Wildman–Crippen LogP) is 1.72. The fourth-order valence-corrected chi connectivity index (χ4v) is 2.99. The van der Waals surface area contributed by atoms with E-state index >= 15 is 0 Å². The highest BCUT2D eigenvalue weighted by Crippen LogP contribution is 2.22. The van der Waals surface area contributed by atoms with Crippen LogP contribution in [-0.4, -0.2) is 27.6 Å². The maximum absolute atomic E-state index is 12.2.